The van der Waals surface area contributed by atoms with Crippen LogP contribution >= 0.6 is 11.6 Å². The van der Waals surface area contributed by atoms with Crippen LogP contribution < -0.4 is 10.6 Å². The van der Waals surface area contributed by atoms with Gasteiger partial charge in [0.05, 0.1) is 5.69 Å². The van der Waals surface area contributed by atoms with E-state index < -0.39 is 0 Å². The molecule has 0 fully saturated rings. The maximum Gasteiger partial charge on any atom is 0.0637 e. The average molecular weight is 279 g/mol. The molecule has 1 heterocycles. The number of hydrogen-bond acceptors (Lipinski definition) is 3. The minimum absolute atomic E-state index is 0.756. The molecule has 4 nitrogen and oxygen atoms in total. The van der Waals surface area contributed by atoms with Crippen molar-refractivity contribution in [2.45, 2.75) is 13.3 Å². The first-order valence-electron chi connectivity index (χ1n) is 6.45. The van der Waals surface area contributed by atoms with Crippen LogP contribution in [-0.2, 0) is 6.42 Å². The summed E-state index contributed by atoms with van der Waals surface area (Å²) in [7, 11) is 0. The molecule has 5 heteroatoms. The molecule has 0 saturated carbocycles. The molecule has 0 aliphatic heterocycles. The van der Waals surface area contributed by atoms with Crippen LogP contribution in [0.15, 0.2) is 30.3 Å². The third kappa shape index (κ3) is 4.93. The van der Waals surface area contributed by atoms with Crippen molar-refractivity contribution in [2.24, 2.45) is 0 Å². The van der Waals surface area contributed by atoms with Gasteiger partial charge in [-0.05, 0) is 31.2 Å². The minimum Gasteiger partial charge on any atom is -0.384 e. The average Bonchev–Trinajstić information content (AvgIpc) is 2.79. The molecular formula is C14H19ClN4. The van der Waals surface area contributed by atoms with Gasteiger partial charge < -0.3 is 10.6 Å². The fraction of sp³-hybridized carbons (Fsp3) is 0.357. The second-order valence-electron chi connectivity index (χ2n) is 4.48. The van der Waals surface area contributed by atoms with Crippen LogP contribution in [-0.4, -0.2) is 29.8 Å². The van der Waals surface area contributed by atoms with Crippen molar-refractivity contribution in [3.63, 3.8) is 0 Å². The van der Waals surface area contributed by atoms with E-state index in [0.29, 0.717) is 0 Å². The number of benzene rings is 1. The van der Waals surface area contributed by atoms with E-state index in [2.05, 4.69) is 26.9 Å². The number of nitrogens with zero attached hydrogens (tertiary/aromatic N) is 1. The Hall–Kier alpha value is -1.52. The summed E-state index contributed by atoms with van der Waals surface area (Å²) in [5, 5.41) is 14.6. The Bertz CT molecular complexity index is 510. The summed E-state index contributed by atoms with van der Waals surface area (Å²) in [6, 6.07) is 9.83. The standard InChI is InChI=1S/C14H19ClN4/c1-11-9-14(19-18-11)5-6-16-7-8-17-13-4-2-3-12(15)10-13/h2-4,9-10,16-17H,5-8H2,1H3,(H,18,19). The molecule has 0 bridgehead atoms. The largest absolute Gasteiger partial charge is 0.384 e. The van der Waals surface area contributed by atoms with E-state index >= 15 is 0 Å². The predicted octanol–water partition coefficient (Wildman–Crippen LogP) is 2.62. The first-order valence-corrected chi connectivity index (χ1v) is 6.83. The van der Waals surface area contributed by atoms with Crippen LogP contribution in [0.4, 0.5) is 5.69 Å². The van der Waals surface area contributed by atoms with Crippen LogP contribution in [0.5, 0.6) is 0 Å². The molecule has 0 aliphatic carbocycles. The molecule has 102 valence electrons. The topological polar surface area (TPSA) is 52.7 Å². The van der Waals surface area contributed by atoms with Gasteiger partial charge in [-0.25, -0.2) is 0 Å². The van der Waals surface area contributed by atoms with E-state index in [-0.39, 0.29) is 0 Å². The number of aromatic amines is 1. The van der Waals surface area contributed by atoms with Gasteiger partial charge in [-0.1, -0.05) is 17.7 Å². The zero-order valence-electron chi connectivity index (χ0n) is 11.0. The fourth-order valence-corrected chi connectivity index (χ4v) is 2.03. The van der Waals surface area contributed by atoms with Gasteiger partial charge in [-0.3, -0.25) is 5.10 Å². The number of nitrogens with one attached hydrogen (secondary N) is 3. The first kappa shape index (κ1) is 13.9. The number of hydrogen-bond donors (Lipinski definition) is 3. The third-order valence-electron chi connectivity index (χ3n) is 2.77. The third-order valence-corrected chi connectivity index (χ3v) is 3.01. The number of aryl methyl sites for hydroxylation is 1. The lowest BCUT2D eigenvalue weighted by Gasteiger charge is -2.07. The highest BCUT2D eigenvalue weighted by atomic mass is 35.5. The van der Waals surface area contributed by atoms with Crippen LogP contribution in [0.2, 0.25) is 5.02 Å². The summed E-state index contributed by atoms with van der Waals surface area (Å²) in [4.78, 5) is 0. The smallest absolute Gasteiger partial charge is 0.0637 e. The molecule has 3 N–H and O–H groups in total. The van der Waals surface area contributed by atoms with Crippen LogP contribution in [0.1, 0.15) is 11.4 Å². The van der Waals surface area contributed by atoms with Crippen molar-refractivity contribution in [1.82, 2.24) is 15.5 Å². The lowest BCUT2D eigenvalue weighted by atomic mass is 10.3. The van der Waals surface area contributed by atoms with E-state index in [0.717, 1.165) is 48.2 Å². The summed E-state index contributed by atoms with van der Waals surface area (Å²) < 4.78 is 0. The van der Waals surface area contributed by atoms with Crippen molar-refractivity contribution in [1.29, 1.82) is 0 Å². The summed E-state index contributed by atoms with van der Waals surface area (Å²) >= 11 is 5.91. The van der Waals surface area contributed by atoms with E-state index in [9.17, 15) is 0 Å². The van der Waals surface area contributed by atoms with E-state index in [4.69, 9.17) is 11.6 Å². The van der Waals surface area contributed by atoms with Gasteiger partial charge in [0.15, 0.2) is 0 Å². The molecular weight excluding hydrogens is 260 g/mol. The van der Waals surface area contributed by atoms with E-state index in [1.807, 2.05) is 31.2 Å². The van der Waals surface area contributed by atoms with Gasteiger partial charge in [-0.2, -0.15) is 5.10 Å². The molecule has 2 aromatic rings. The molecule has 0 saturated heterocycles. The molecule has 0 spiro atoms. The highest BCUT2D eigenvalue weighted by molar-refractivity contribution is 6.30. The predicted molar refractivity (Wildman–Crippen MR) is 79.8 cm³/mol. The van der Waals surface area contributed by atoms with E-state index in [1.165, 1.54) is 0 Å². The Labute approximate surface area is 118 Å². The van der Waals surface area contributed by atoms with Crippen LogP contribution in [0, 0.1) is 6.92 Å². The maximum atomic E-state index is 5.91. The van der Waals surface area contributed by atoms with Gasteiger partial charge in [0.1, 0.15) is 0 Å². The number of H-pyrrole nitrogens is 1. The highest BCUT2D eigenvalue weighted by Crippen LogP contribution is 2.14. The second kappa shape index (κ2) is 7.16. The molecule has 1 aromatic carbocycles. The molecule has 2 rings (SSSR count). The fourth-order valence-electron chi connectivity index (χ4n) is 1.84. The Morgan fingerprint density at radius 1 is 1.21 bits per heavy atom. The van der Waals surface area contributed by atoms with Crippen LogP contribution in [0.25, 0.3) is 0 Å². The van der Waals surface area contributed by atoms with Crippen molar-refractivity contribution >= 4 is 17.3 Å². The molecule has 1 aromatic heterocycles. The number of rotatable bonds is 7. The monoisotopic (exact) mass is 278 g/mol. The molecule has 0 atom stereocenters. The van der Waals surface area contributed by atoms with Gasteiger partial charge >= 0.3 is 0 Å². The molecule has 0 radical (unpaired) electrons. The second-order valence-corrected chi connectivity index (χ2v) is 4.92. The summed E-state index contributed by atoms with van der Waals surface area (Å²) in [6.07, 6.45) is 0.946. The summed E-state index contributed by atoms with van der Waals surface area (Å²) in [5.41, 5.74) is 3.27. The first-order chi connectivity index (χ1) is 9.24. The summed E-state index contributed by atoms with van der Waals surface area (Å²) in [6.45, 7) is 4.73. The van der Waals surface area contributed by atoms with Crippen molar-refractivity contribution < 1.29 is 0 Å². The summed E-state index contributed by atoms with van der Waals surface area (Å²) in [5.74, 6) is 0. The lowest BCUT2D eigenvalue weighted by Crippen LogP contribution is -2.24. The van der Waals surface area contributed by atoms with Crippen LogP contribution in [0.3, 0.4) is 0 Å². The molecule has 0 unspecified atom stereocenters. The zero-order chi connectivity index (χ0) is 13.5. The SMILES string of the molecule is Cc1cc(CCNCCNc2cccc(Cl)c2)n[nH]1. The van der Waals surface area contributed by atoms with E-state index in [1.54, 1.807) is 0 Å². The lowest BCUT2D eigenvalue weighted by molar-refractivity contribution is 0.690. The van der Waals surface area contributed by atoms with Gasteiger partial charge in [0.25, 0.3) is 0 Å². The molecule has 19 heavy (non-hydrogen) atoms. The molecule has 0 aliphatic rings. The molecule has 0 amide bonds. The Balaban J connectivity index is 1.57. The highest BCUT2D eigenvalue weighted by Gasteiger charge is 1.97. The number of halogens is 1. The van der Waals surface area contributed by atoms with Crippen molar-refractivity contribution in [2.75, 3.05) is 25.0 Å². The number of aromatic nitrogens is 2. The van der Waals surface area contributed by atoms with Gasteiger partial charge in [0, 0.05) is 42.5 Å². The zero-order valence-corrected chi connectivity index (χ0v) is 11.8. The number of anilines is 1. The van der Waals surface area contributed by atoms with Crippen molar-refractivity contribution in [3.8, 4) is 0 Å². The minimum atomic E-state index is 0.756. The van der Waals surface area contributed by atoms with Gasteiger partial charge in [0.2, 0.25) is 0 Å². The van der Waals surface area contributed by atoms with Gasteiger partial charge in [-0.15, -0.1) is 0 Å². The Morgan fingerprint density at radius 2 is 2.11 bits per heavy atom. The Morgan fingerprint density at radius 3 is 2.84 bits per heavy atom. The quantitative estimate of drug-likeness (QED) is 0.683. The normalized spacial score (nSPS) is 10.6. The maximum absolute atomic E-state index is 5.91. The van der Waals surface area contributed by atoms with Crippen molar-refractivity contribution in [3.05, 3.63) is 46.7 Å². The Kier molecular flexibility index (Phi) is 5.24.